The Morgan fingerprint density at radius 2 is 1.19 bits per heavy atom. The van der Waals surface area contributed by atoms with Gasteiger partial charge in [0.25, 0.3) is 6.71 Å². The van der Waals surface area contributed by atoms with Crippen LogP contribution in [0.1, 0.15) is 135 Å². The van der Waals surface area contributed by atoms with Crippen molar-refractivity contribution in [1.82, 2.24) is 0 Å². The number of benzene rings is 6. The molecule has 2 aliphatic carbocycles. The van der Waals surface area contributed by atoms with Gasteiger partial charge in [-0.15, -0.1) is 0 Å². The fourth-order valence-electron chi connectivity index (χ4n) is 11.8. The lowest BCUT2D eigenvalue weighted by molar-refractivity contribution is 0.109. The van der Waals surface area contributed by atoms with Crippen molar-refractivity contribution in [2.24, 2.45) is 5.41 Å². The number of aryl methyl sites for hydroxylation is 1. The van der Waals surface area contributed by atoms with E-state index in [-0.39, 0.29) is 33.8 Å². The Morgan fingerprint density at radius 3 is 1.86 bits per heavy atom. The van der Waals surface area contributed by atoms with Crippen LogP contribution >= 0.6 is 0 Å². The maximum atomic E-state index is 7.55. The summed E-state index contributed by atoms with van der Waals surface area (Å²) in [5.41, 5.74) is 21.1. The molecule has 0 amide bonds. The average Bonchev–Trinajstić information content (AvgIpc) is 3.73. The van der Waals surface area contributed by atoms with E-state index in [1.807, 2.05) is 0 Å². The summed E-state index contributed by atoms with van der Waals surface area (Å²) in [5, 5.41) is 1.21. The maximum Gasteiger partial charge on any atom is 0.252 e. The first-order valence-corrected chi connectivity index (χ1v) is 23.7. The molecule has 1 saturated carbocycles. The minimum atomic E-state index is -0.0322. The van der Waals surface area contributed by atoms with Crippen LogP contribution in [0.4, 0.5) is 17.3 Å². The number of anilines is 3. The average molecular weight is 828 g/mol. The summed E-state index contributed by atoms with van der Waals surface area (Å²) in [4.78, 5) is 2.52. The predicted octanol–water partition coefficient (Wildman–Crippen LogP) is 14.7. The molecule has 2 heterocycles. The van der Waals surface area contributed by atoms with Crippen LogP contribution in [-0.4, -0.2) is 6.71 Å². The third kappa shape index (κ3) is 6.66. The topological polar surface area (TPSA) is 16.4 Å². The van der Waals surface area contributed by atoms with Crippen molar-refractivity contribution in [1.29, 1.82) is 0 Å². The molecule has 2 unspecified atom stereocenters. The first kappa shape index (κ1) is 41.7. The Hall–Kier alpha value is -5.28. The molecular weight excluding hydrogens is 761 g/mol. The fourth-order valence-corrected chi connectivity index (χ4v) is 11.8. The second kappa shape index (κ2) is 14.4. The van der Waals surface area contributed by atoms with Crippen molar-refractivity contribution in [2.75, 3.05) is 4.90 Å². The summed E-state index contributed by atoms with van der Waals surface area (Å²) in [5.74, 6) is 0.932. The third-order valence-electron chi connectivity index (χ3n) is 15.9. The van der Waals surface area contributed by atoms with Crippen LogP contribution in [-0.2, 0) is 28.1 Å². The monoisotopic (exact) mass is 828 g/mol. The van der Waals surface area contributed by atoms with Gasteiger partial charge in [0, 0.05) is 22.1 Å². The van der Waals surface area contributed by atoms with Crippen LogP contribution in [0.3, 0.4) is 0 Å². The van der Waals surface area contributed by atoms with Crippen molar-refractivity contribution in [3.63, 3.8) is 0 Å². The zero-order valence-corrected chi connectivity index (χ0v) is 40.0. The van der Waals surface area contributed by atoms with Crippen LogP contribution in [0.25, 0.3) is 33.2 Å². The Morgan fingerprint density at radius 1 is 0.571 bits per heavy atom. The van der Waals surface area contributed by atoms with Crippen LogP contribution in [0, 0.1) is 12.3 Å². The van der Waals surface area contributed by atoms with E-state index in [0.717, 1.165) is 23.6 Å². The van der Waals surface area contributed by atoms with E-state index < -0.39 is 0 Å². The minimum absolute atomic E-state index is 0.0220. The molecule has 2 atom stereocenters. The summed E-state index contributed by atoms with van der Waals surface area (Å²) < 4.78 is 7.55. The van der Waals surface area contributed by atoms with Gasteiger partial charge in [0.05, 0.1) is 5.69 Å². The Bertz CT molecular complexity index is 2920. The summed E-state index contributed by atoms with van der Waals surface area (Å²) in [6.45, 7) is 28.7. The molecule has 2 nitrogen and oxygen atoms in total. The third-order valence-corrected chi connectivity index (χ3v) is 15.9. The molecule has 0 spiro atoms. The second-order valence-corrected chi connectivity index (χ2v) is 23.1. The van der Waals surface area contributed by atoms with Crippen LogP contribution < -0.4 is 21.3 Å². The molecule has 1 fully saturated rings. The lowest BCUT2D eigenvalue weighted by Gasteiger charge is -2.46. The summed E-state index contributed by atoms with van der Waals surface area (Å²) >= 11 is 0. The standard InChI is InChI=1S/C60H66BNO/c1-38-31-41(39-21-15-13-16-22-39)32-51-53(38)61(49-35-44(58(8,9)10)34-48-47(49)37-59(11)29-19-20-30-60(48,59)12)54-45-27-25-43(57(5,6)7)36-52(45)63-55(54)62(51)50-28-26-42(56(2,3)4)33-46(50)40-23-17-14-18-24-40/h13-18,21-28,31-36H,19-20,29-30,37H2,1-12H3. The molecule has 0 N–H and O–H groups in total. The number of nitrogens with zero attached hydrogens (tertiary/aromatic N) is 1. The molecule has 320 valence electrons. The summed E-state index contributed by atoms with van der Waals surface area (Å²) in [6.07, 6.45) is 6.25. The van der Waals surface area contributed by atoms with Crippen molar-refractivity contribution in [3.8, 4) is 22.3 Å². The van der Waals surface area contributed by atoms with E-state index in [0.29, 0.717) is 0 Å². The predicted molar refractivity (Wildman–Crippen MR) is 271 cm³/mol. The molecule has 6 aromatic carbocycles. The first-order valence-electron chi connectivity index (χ1n) is 23.7. The van der Waals surface area contributed by atoms with Gasteiger partial charge in [-0.25, -0.2) is 0 Å². The Kier molecular flexibility index (Phi) is 9.51. The molecule has 0 radical (unpaired) electrons. The van der Waals surface area contributed by atoms with Gasteiger partial charge in [-0.2, -0.15) is 0 Å². The molecule has 63 heavy (non-hydrogen) atoms. The van der Waals surface area contributed by atoms with Gasteiger partial charge < -0.3 is 4.42 Å². The number of rotatable bonds is 4. The van der Waals surface area contributed by atoms with E-state index >= 15 is 0 Å². The van der Waals surface area contributed by atoms with Gasteiger partial charge in [0.15, 0.2) is 0 Å². The highest BCUT2D eigenvalue weighted by Gasteiger charge is 2.55. The Balaban J connectivity index is 1.36. The first-order chi connectivity index (χ1) is 29.8. The van der Waals surface area contributed by atoms with Crippen molar-refractivity contribution in [3.05, 3.63) is 155 Å². The van der Waals surface area contributed by atoms with Gasteiger partial charge in [-0.3, -0.25) is 4.90 Å². The van der Waals surface area contributed by atoms with Crippen molar-refractivity contribution >= 4 is 51.3 Å². The highest BCUT2D eigenvalue weighted by atomic mass is 16.4. The number of hydrogen-bond donors (Lipinski definition) is 0. The number of hydrogen-bond acceptors (Lipinski definition) is 2. The summed E-state index contributed by atoms with van der Waals surface area (Å²) in [7, 11) is 0. The highest BCUT2D eigenvalue weighted by molar-refractivity contribution is 6.99. The lowest BCUT2D eigenvalue weighted by atomic mass is 9.33. The van der Waals surface area contributed by atoms with Crippen LogP contribution in [0.15, 0.2) is 126 Å². The summed E-state index contributed by atoms with van der Waals surface area (Å²) in [6, 6.07) is 46.4. The second-order valence-electron chi connectivity index (χ2n) is 23.1. The zero-order valence-electron chi connectivity index (χ0n) is 40.0. The molecule has 3 aliphatic rings. The van der Waals surface area contributed by atoms with Gasteiger partial charge in [-0.1, -0.05) is 197 Å². The van der Waals surface area contributed by atoms with E-state index in [2.05, 4.69) is 209 Å². The SMILES string of the molecule is Cc1cc(-c2ccccc2)cc2c1B(c1cc(C(C)(C)C)cc3c1CC1(C)CCCCC31C)c1c(oc3cc(C(C)(C)C)ccc13)N2c1ccc(C(C)(C)C)cc1-c1ccccc1. The van der Waals surface area contributed by atoms with E-state index in [9.17, 15) is 0 Å². The van der Waals surface area contributed by atoms with E-state index in [4.69, 9.17) is 4.42 Å². The fraction of sp³-hybridized carbons (Fsp3) is 0.367. The Labute approximate surface area is 378 Å². The molecule has 0 bridgehead atoms. The van der Waals surface area contributed by atoms with Crippen molar-refractivity contribution < 1.29 is 4.42 Å². The minimum Gasteiger partial charge on any atom is -0.440 e. The quantitative estimate of drug-likeness (QED) is 0.164. The van der Waals surface area contributed by atoms with Crippen molar-refractivity contribution in [2.45, 2.75) is 137 Å². The van der Waals surface area contributed by atoms with Gasteiger partial charge >= 0.3 is 0 Å². The van der Waals surface area contributed by atoms with Gasteiger partial charge in [0.1, 0.15) is 5.58 Å². The van der Waals surface area contributed by atoms with E-state index in [1.165, 1.54) is 97.7 Å². The number of fused-ring (bicyclic) bond motifs is 7. The number of furan rings is 1. The van der Waals surface area contributed by atoms with Gasteiger partial charge in [-0.05, 0) is 127 Å². The molecule has 1 aromatic heterocycles. The smallest absolute Gasteiger partial charge is 0.252 e. The van der Waals surface area contributed by atoms with Gasteiger partial charge in [0.2, 0.25) is 5.88 Å². The van der Waals surface area contributed by atoms with Crippen LogP contribution in [0.2, 0.25) is 0 Å². The zero-order chi connectivity index (χ0) is 44.4. The maximum absolute atomic E-state index is 7.55. The molecule has 0 saturated heterocycles. The molecule has 10 rings (SSSR count). The molecule has 3 heteroatoms. The van der Waals surface area contributed by atoms with E-state index in [1.54, 1.807) is 11.1 Å². The normalized spacial score (nSPS) is 19.8. The molecule has 1 aliphatic heterocycles. The lowest BCUT2D eigenvalue weighted by Crippen LogP contribution is -2.59. The van der Waals surface area contributed by atoms with Crippen LogP contribution in [0.5, 0.6) is 0 Å². The largest absolute Gasteiger partial charge is 0.440 e. The molecular formula is C60H66BNO. The molecule has 7 aromatic rings. The highest BCUT2D eigenvalue weighted by Crippen LogP contribution is 2.59.